The van der Waals surface area contributed by atoms with E-state index < -0.39 is 23.7 Å². The monoisotopic (exact) mass is 256 g/mol. The topological polar surface area (TPSA) is 88.4 Å². The first-order valence-electron chi connectivity index (χ1n) is 5.83. The second-order valence-electron chi connectivity index (χ2n) is 4.65. The minimum atomic E-state index is -0.848. The molecule has 6 heteroatoms. The number of nitriles is 1. The van der Waals surface area contributed by atoms with Gasteiger partial charge in [-0.15, -0.1) is 0 Å². The summed E-state index contributed by atoms with van der Waals surface area (Å²) in [5.41, 5.74) is -0.640. The van der Waals surface area contributed by atoms with Crippen molar-refractivity contribution >= 4 is 12.1 Å². The number of esters is 1. The summed E-state index contributed by atoms with van der Waals surface area (Å²) >= 11 is 0. The van der Waals surface area contributed by atoms with Crippen LogP contribution in [-0.4, -0.2) is 30.3 Å². The molecule has 0 rings (SSSR count). The molecule has 0 aromatic rings. The molecule has 1 N–H and O–H groups in total. The Hall–Kier alpha value is -1.77. The van der Waals surface area contributed by atoms with Gasteiger partial charge in [0.2, 0.25) is 0 Å². The number of amides is 1. The van der Waals surface area contributed by atoms with Gasteiger partial charge in [-0.2, -0.15) is 5.26 Å². The second kappa shape index (κ2) is 7.54. The lowest BCUT2D eigenvalue weighted by molar-refractivity contribution is -0.145. The van der Waals surface area contributed by atoms with Gasteiger partial charge in [0.05, 0.1) is 12.7 Å². The van der Waals surface area contributed by atoms with Crippen LogP contribution in [0.3, 0.4) is 0 Å². The smallest absolute Gasteiger partial charge is 0.408 e. The van der Waals surface area contributed by atoms with Crippen LogP contribution in [-0.2, 0) is 14.3 Å². The molecule has 0 aliphatic rings. The summed E-state index contributed by atoms with van der Waals surface area (Å²) in [6, 6.07) is 1.07. The molecule has 18 heavy (non-hydrogen) atoms. The number of nitrogens with zero attached hydrogens (tertiary/aromatic N) is 1. The molecule has 0 heterocycles. The first-order chi connectivity index (χ1) is 8.30. The molecule has 0 fully saturated rings. The number of carbonyl (C=O) groups excluding carboxylic acids is 2. The Bertz CT molecular complexity index is 328. The first-order valence-corrected chi connectivity index (χ1v) is 5.83. The summed E-state index contributed by atoms with van der Waals surface area (Å²) in [7, 11) is 0. The second-order valence-corrected chi connectivity index (χ2v) is 4.65. The number of carbonyl (C=O) groups is 2. The van der Waals surface area contributed by atoms with E-state index in [1.165, 1.54) is 0 Å². The molecule has 0 spiro atoms. The molecule has 1 atom stereocenters. The van der Waals surface area contributed by atoms with E-state index in [0.29, 0.717) is 0 Å². The standard InChI is InChI=1S/C12H20N2O4/c1-5-17-10(15)9(7-6-8-13)14-11(16)18-12(2,3)4/h9H,5-7H2,1-4H3,(H,14,16). The van der Waals surface area contributed by atoms with E-state index in [2.05, 4.69) is 5.32 Å². The van der Waals surface area contributed by atoms with E-state index in [9.17, 15) is 9.59 Å². The lowest BCUT2D eigenvalue weighted by atomic mass is 10.1. The fourth-order valence-corrected chi connectivity index (χ4v) is 1.15. The molecule has 0 aromatic carbocycles. The van der Waals surface area contributed by atoms with Crippen LogP contribution < -0.4 is 5.32 Å². The highest BCUT2D eigenvalue weighted by atomic mass is 16.6. The third-order valence-corrected chi connectivity index (χ3v) is 1.81. The Morgan fingerprint density at radius 1 is 1.39 bits per heavy atom. The molecule has 0 aromatic heterocycles. The Morgan fingerprint density at radius 3 is 2.44 bits per heavy atom. The largest absolute Gasteiger partial charge is 0.464 e. The lowest BCUT2D eigenvalue weighted by Crippen LogP contribution is -2.44. The van der Waals surface area contributed by atoms with Crippen molar-refractivity contribution in [3.8, 4) is 6.07 Å². The molecule has 0 saturated heterocycles. The van der Waals surface area contributed by atoms with Crippen LogP contribution >= 0.6 is 0 Å². The predicted octanol–water partition coefficient (Wildman–Crippen LogP) is 1.75. The molecule has 6 nitrogen and oxygen atoms in total. The van der Waals surface area contributed by atoms with Gasteiger partial charge in [-0.05, 0) is 34.1 Å². The number of nitrogens with one attached hydrogen (secondary N) is 1. The Labute approximate surface area is 107 Å². The summed E-state index contributed by atoms with van der Waals surface area (Å²) < 4.78 is 9.85. The zero-order valence-corrected chi connectivity index (χ0v) is 11.3. The third-order valence-electron chi connectivity index (χ3n) is 1.81. The zero-order chi connectivity index (χ0) is 14.2. The van der Waals surface area contributed by atoms with Gasteiger partial charge in [-0.25, -0.2) is 9.59 Å². The number of alkyl carbamates (subject to hydrolysis) is 1. The van der Waals surface area contributed by atoms with Crippen LogP contribution in [0.4, 0.5) is 4.79 Å². The molecule has 1 unspecified atom stereocenters. The minimum absolute atomic E-state index is 0.152. The Morgan fingerprint density at radius 2 is 2.00 bits per heavy atom. The zero-order valence-electron chi connectivity index (χ0n) is 11.3. The van der Waals surface area contributed by atoms with Gasteiger partial charge in [-0.3, -0.25) is 0 Å². The number of ether oxygens (including phenoxy) is 2. The summed E-state index contributed by atoms with van der Waals surface area (Å²) in [4.78, 5) is 23.1. The maximum absolute atomic E-state index is 11.5. The summed E-state index contributed by atoms with van der Waals surface area (Å²) in [5, 5.41) is 10.9. The van der Waals surface area contributed by atoms with Gasteiger partial charge in [0.1, 0.15) is 11.6 Å². The minimum Gasteiger partial charge on any atom is -0.464 e. The molecule has 1 amide bonds. The summed E-state index contributed by atoms with van der Waals surface area (Å²) in [6.45, 7) is 7.06. The predicted molar refractivity (Wildman–Crippen MR) is 64.6 cm³/mol. The van der Waals surface area contributed by atoms with Crippen LogP contribution in [0.1, 0.15) is 40.5 Å². The Balaban J connectivity index is 4.44. The average molecular weight is 256 g/mol. The van der Waals surface area contributed by atoms with Crippen LogP contribution in [0.5, 0.6) is 0 Å². The highest BCUT2D eigenvalue weighted by Crippen LogP contribution is 2.08. The third kappa shape index (κ3) is 7.49. The van der Waals surface area contributed by atoms with Crippen LogP contribution in [0, 0.1) is 11.3 Å². The Kier molecular flexibility index (Phi) is 6.79. The van der Waals surface area contributed by atoms with Gasteiger partial charge in [0, 0.05) is 6.42 Å². The van der Waals surface area contributed by atoms with Crippen molar-refractivity contribution in [1.29, 1.82) is 5.26 Å². The van der Waals surface area contributed by atoms with E-state index in [1.54, 1.807) is 27.7 Å². The molecule has 0 bridgehead atoms. The number of hydrogen-bond donors (Lipinski definition) is 1. The molecule has 0 aliphatic carbocycles. The van der Waals surface area contributed by atoms with Gasteiger partial charge in [0.15, 0.2) is 0 Å². The van der Waals surface area contributed by atoms with Crippen LogP contribution in [0.25, 0.3) is 0 Å². The van der Waals surface area contributed by atoms with E-state index in [4.69, 9.17) is 14.7 Å². The van der Waals surface area contributed by atoms with Crippen molar-refractivity contribution in [2.75, 3.05) is 6.61 Å². The highest BCUT2D eigenvalue weighted by Gasteiger charge is 2.24. The number of rotatable bonds is 5. The van der Waals surface area contributed by atoms with Crippen LogP contribution in [0.2, 0.25) is 0 Å². The average Bonchev–Trinajstić information content (AvgIpc) is 2.21. The van der Waals surface area contributed by atoms with Crippen molar-refractivity contribution in [1.82, 2.24) is 5.32 Å². The molecular formula is C12H20N2O4. The van der Waals surface area contributed by atoms with E-state index in [1.807, 2.05) is 6.07 Å². The maximum Gasteiger partial charge on any atom is 0.408 e. The molecule has 0 radical (unpaired) electrons. The lowest BCUT2D eigenvalue weighted by Gasteiger charge is -2.22. The van der Waals surface area contributed by atoms with E-state index in [-0.39, 0.29) is 19.4 Å². The fraction of sp³-hybridized carbons (Fsp3) is 0.750. The van der Waals surface area contributed by atoms with E-state index >= 15 is 0 Å². The van der Waals surface area contributed by atoms with Crippen molar-refractivity contribution in [3.63, 3.8) is 0 Å². The summed E-state index contributed by atoms with van der Waals surface area (Å²) in [6.07, 6.45) is -0.341. The molecule has 0 aliphatic heterocycles. The van der Waals surface area contributed by atoms with Gasteiger partial charge in [0.25, 0.3) is 0 Å². The van der Waals surface area contributed by atoms with Crippen LogP contribution in [0.15, 0.2) is 0 Å². The van der Waals surface area contributed by atoms with Crippen molar-refractivity contribution in [2.45, 2.75) is 52.2 Å². The van der Waals surface area contributed by atoms with Gasteiger partial charge in [-0.1, -0.05) is 0 Å². The van der Waals surface area contributed by atoms with Gasteiger partial charge >= 0.3 is 12.1 Å². The van der Waals surface area contributed by atoms with Crippen molar-refractivity contribution in [3.05, 3.63) is 0 Å². The molecular weight excluding hydrogens is 236 g/mol. The first kappa shape index (κ1) is 16.2. The number of hydrogen-bond acceptors (Lipinski definition) is 5. The maximum atomic E-state index is 11.5. The molecule has 0 saturated carbocycles. The SMILES string of the molecule is CCOC(=O)C(CCC#N)NC(=O)OC(C)(C)C. The summed E-state index contributed by atoms with van der Waals surface area (Å²) in [5.74, 6) is -0.557. The van der Waals surface area contributed by atoms with Gasteiger partial charge < -0.3 is 14.8 Å². The highest BCUT2D eigenvalue weighted by molar-refractivity contribution is 5.81. The molecule has 102 valence electrons. The van der Waals surface area contributed by atoms with Crippen molar-refractivity contribution < 1.29 is 19.1 Å². The van der Waals surface area contributed by atoms with Crippen molar-refractivity contribution in [2.24, 2.45) is 0 Å². The quantitative estimate of drug-likeness (QED) is 0.757. The van der Waals surface area contributed by atoms with E-state index in [0.717, 1.165) is 0 Å². The normalized spacial score (nSPS) is 12.2. The fourth-order valence-electron chi connectivity index (χ4n) is 1.15.